The van der Waals surface area contributed by atoms with Crippen LogP contribution in [0.25, 0.3) is 0 Å². The van der Waals surface area contributed by atoms with E-state index in [2.05, 4.69) is 60.4 Å². The lowest BCUT2D eigenvalue weighted by atomic mass is 9.97. The monoisotopic (exact) mass is 266 g/mol. The second-order valence-corrected chi connectivity index (χ2v) is 5.46. The molecule has 0 bridgehead atoms. The van der Waals surface area contributed by atoms with E-state index in [1.807, 2.05) is 0 Å². The Balaban J connectivity index is 2.07. The zero-order chi connectivity index (χ0) is 13.9. The SMILES string of the molecule is CCC(N)c1ccccc1N1CCCc2ccccc21. The molecule has 2 N–H and O–H groups in total. The summed E-state index contributed by atoms with van der Waals surface area (Å²) >= 11 is 0. The molecule has 104 valence electrons. The van der Waals surface area contributed by atoms with Crippen molar-refractivity contribution in [3.05, 3.63) is 59.7 Å². The van der Waals surface area contributed by atoms with Gasteiger partial charge in [-0.2, -0.15) is 0 Å². The average Bonchev–Trinajstić information content (AvgIpc) is 2.53. The predicted molar refractivity (Wildman–Crippen MR) is 85.4 cm³/mol. The minimum absolute atomic E-state index is 0.111. The number of aryl methyl sites for hydroxylation is 1. The molecule has 1 unspecified atom stereocenters. The van der Waals surface area contributed by atoms with Gasteiger partial charge in [0.2, 0.25) is 0 Å². The Bertz CT molecular complexity index is 591. The summed E-state index contributed by atoms with van der Waals surface area (Å²) in [4.78, 5) is 2.43. The van der Waals surface area contributed by atoms with Crippen LogP contribution in [0.2, 0.25) is 0 Å². The van der Waals surface area contributed by atoms with Crippen molar-refractivity contribution in [2.24, 2.45) is 5.73 Å². The van der Waals surface area contributed by atoms with Gasteiger partial charge in [-0.25, -0.2) is 0 Å². The molecule has 0 fully saturated rings. The molecule has 1 aliphatic rings. The van der Waals surface area contributed by atoms with E-state index in [9.17, 15) is 0 Å². The molecule has 1 heterocycles. The molecule has 0 amide bonds. The Hall–Kier alpha value is -1.80. The molecule has 0 spiro atoms. The quantitative estimate of drug-likeness (QED) is 0.903. The molecule has 2 aromatic carbocycles. The van der Waals surface area contributed by atoms with Gasteiger partial charge in [0, 0.05) is 24.0 Å². The Morgan fingerprint density at radius 1 is 1.05 bits per heavy atom. The second kappa shape index (κ2) is 5.68. The van der Waals surface area contributed by atoms with Gasteiger partial charge < -0.3 is 10.6 Å². The number of rotatable bonds is 3. The zero-order valence-corrected chi connectivity index (χ0v) is 12.0. The summed E-state index contributed by atoms with van der Waals surface area (Å²) < 4.78 is 0. The van der Waals surface area contributed by atoms with Crippen molar-refractivity contribution >= 4 is 11.4 Å². The number of anilines is 2. The largest absolute Gasteiger partial charge is 0.341 e. The summed E-state index contributed by atoms with van der Waals surface area (Å²) in [5, 5.41) is 0. The minimum Gasteiger partial charge on any atom is -0.341 e. The fraction of sp³-hybridized carbons (Fsp3) is 0.333. The first-order valence-electron chi connectivity index (χ1n) is 7.51. The van der Waals surface area contributed by atoms with Crippen LogP contribution in [0.4, 0.5) is 11.4 Å². The van der Waals surface area contributed by atoms with Crippen molar-refractivity contribution in [1.29, 1.82) is 0 Å². The fourth-order valence-corrected chi connectivity index (χ4v) is 3.05. The van der Waals surface area contributed by atoms with Gasteiger partial charge in [-0.3, -0.25) is 0 Å². The highest BCUT2D eigenvalue weighted by Gasteiger charge is 2.21. The Labute approximate surface area is 121 Å². The van der Waals surface area contributed by atoms with Crippen LogP contribution in [-0.4, -0.2) is 6.54 Å². The van der Waals surface area contributed by atoms with Gasteiger partial charge in [-0.15, -0.1) is 0 Å². The van der Waals surface area contributed by atoms with E-state index in [0.717, 1.165) is 13.0 Å². The second-order valence-electron chi connectivity index (χ2n) is 5.46. The zero-order valence-electron chi connectivity index (χ0n) is 12.0. The van der Waals surface area contributed by atoms with E-state index in [4.69, 9.17) is 5.73 Å². The molecular weight excluding hydrogens is 244 g/mol. The van der Waals surface area contributed by atoms with E-state index >= 15 is 0 Å². The number of hydrogen-bond acceptors (Lipinski definition) is 2. The first kappa shape index (κ1) is 13.2. The smallest absolute Gasteiger partial charge is 0.0459 e. The van der Waals surface area contributed by atoms with Crippen LogP contribution in [-0.2, 0) is 6.42 Å². The molecular formula is C18H22N2. The third-order valence-electron chi connectivity index (χ3n) is 4.18. The molecule has 1 aliphatic heterocycles. The summed E-state index contributed by atoms with van der Waals surface area (Å²) in [7, 11) is 0. The Kier molecular flexibility index (Phi) is 3.75. The highest BCUT2D eigenvalue weighted by atomic mass is 15.1. The summed E-state index contributed by atoms with van der Waals surface area (Å²) in [6.45, 7) is 3.22. The molecule has 0 radical (unpaired) electrons. The standard InChI is InChI=1S/C18H22N2/c1-2-16(19)15-10-4-6-12-18(15)20-13-7-9-14-8-3-5-11-17(14)20/h3-6,8,10-12,16H,2,7,9,13,19H2,1H3. The van der Waals surface area contributed by atoms with Crippen molar-refractivity contribution in [3.63, 3.8) is 0 Å². The van der Waals surface area contributed by atoms with Gasteiger partial charge in [-0.05, 0) is 42.5 Å². The lowest BCUT2D eigenvalue weighted by Crippen LogP contribution is -2.26. The van der Waals surface area contributed by atoms with Crippen molar-refractivity contribution in [2.75, 3.05) is 11.4 Å². The van der Waals surface area contributed by atoms with Gasteiger partial charge in [0.15, 0.2) is 0 Å². The Morgan fingerprint density at radius 3 is 2.55 bits per heavy atom. The molecule has 1 atom stereocenters. The fourth-order valence-electron chi connectivity index (χ4n) is 3.05. The highest BCUT2D eigenvalue weighted by molar-refractivity contribution is 5.70. The van der Waals surface area contributed by atoms with E-state index < -0.39 is 0 Å². The first-order chi connectivity index (χ1) is 9.81. The molecule has 0 saturated heterocycles. The van der Waals surface area contributed by atoms with Crippen LogP contribution in [0, 0.1) is 0 Å². The van der Waals surface area contributed by atoms with Crippen LogP contribution in [0.1, 0.15) is 36.9 Å². The maximum atomic E-state index is 6.30. The number of nitrogens with zero attached hydrogens (tertiary/aromatic N) is 1. The van der Waals surface area contributed by atoms with Crippen LogP contribution in [0.15, 0.2) is 48.5 Å². The van der Waals surface area contributed by atoms with Crippen LogP contribution in [0.5, 0.6) is 0 Å². The minimum atomic E-state index is 0.111. The number of hydrogen-bond donors (Lipinski definition) is 1. The third kappa shape index (κ3) is 2.32. The molecule has 2 nitrogen and oxygen atoms in total. The van der Waals surface area contributed by atoms with Gasteiger partial charge in [0.1, 0.15) is 0 Å². The van der Waals surface area contributed by atoms with Crippen molar-refractivity contribution in [3.8, 4) is 0 Å². The topological polar surface area (TPSA) is 29.3 Å². The summed E-state index contributed by atoms with van der Waals surface area (Å²) in [6, 6.07) is 17.4. The number of benzene rings is 2. The molecule has 2 aromatic rings. The Morgan fingerprint density at radius 2 is 1.75 bits per heavy atom. The van der Waals surface area contributed by atoms with Crippen LogP contribution in [0.3, 0.4) is 0 Å². The predicted octanol–water partition coefficient (Wildman–Crippen LogP) is 4.18. The van der Waals surface area contributed by atoms with Crippen LogP contribution >= 0.6 is 0 Å². The first-order valence-corrected chi connectivity index (χ1v) is 7.51. The van der Waals surface area contributed by atoms with Gasteiger partial charge in [0.05, 0.1) is 0 Å². The summed E-state index contributed by atoms with van der Waals surface area (Å²) in [5.41, 5.74) is 11.6. The van der Waals surface area contributed by atoms with Gasteiger partial charge >= 0.3 is 0 Å². The van der Waals surface area contributed by atoms with E-state index in [1.54, 1.807) is 0 Å². The summed E-state index contributed by atoms with van der Waals surface area (Å²) in [5.74, 6) is 0. The van der Waals surface area contributed by atoms with E-state index in [1.165, 1.54) is 35.3 Å². The molecule has 0 aliphatic carbocycles. The number of fused-ring (bicyclic) bond motifs is 1. The maximum Gasteiger partial charge on any atom is 0.0459 e. The number of nitrogens with two attached hydrogens (primary N) is 1. The van der Waals surface area contributed by atoms with Crippen molar-refractivity contribution in [2.45, 2.75) is 32.2 Å². The van der Waals surface area contributed by atoms with Crippen molar-refractivity contribution in [1.82, 2.24) is 0 Å². The summed E-state index contributed by atoms with van der Waals surface area (Å²) in [6.07, 6.45) is 3.34. The average molecular weight is 266 g/mol. The van der Waals surface area contributed by atoms with E-state index in [0.29, 0.717) is 0 Å². The lowest BCUT2D eigenvalue weighted by Gasteiger charge is -2.33. The molecule has 0 aromatic heterocycles. The molecule has 2 heteroatoms. The van der Waals surface area contributed by atoms with Crippen LogP contribution < -0.4 is 10.6 Å². The maximum absolute atomic E-state index is 6.30. The number of para-hydroxylation sites is 2. The van der Waals surface area contributed by atoms with Crippen molar-refractivity contribution < 1.29 is 0 Å². The lowest BCUT2D eigenvalue weighted by molar-refractivity contribution is 0.690. The van der Waals surface area contributed by atoms with Gasteiger partial charge in [-0.1, -0.05) is 43.3 Å². The van der Waals surface area contributed by atoms with E-state index in [-0.39, 0.29) is 6.04 Å². The highest BCUT2D eigenvalue weighted by Crippen LogP contribution is 2.36. The van der Waals surface area contributed by atoms with Gasteiger partial charge in [0.25, 0.3) is 0 Å². The normalized spacial score (nSPS) is 15.8. The molecule has 20 heavy (non-hydrogen) atoms. The molecule has 0 saturated carbocycles. The molecule has 3 rings (SSSR count). The third-order valence-corrected chi connectivity index (χ3v) is 4.18.